The Balaban J connectivity index is 1.64. The largest absolute Gasteiger partial charge is 0.504 e. The standard InChI is InChI=1S/C23H20FNO4/c24-18-7-5-14(17-4-2-1-3-15(17)13-26)11-19(18)25-22(29)23(9-10-23)16-6-8-20(27)21(28)12-16/h1-8,11-12,26-28H,9-10,13H2,(H,25,29). The molecule has 0 spiro atoms. The first-order chi connectivity index (χ1) is 13.9. The van der Waals surface area contributed by atoms with Crippen LogP contribution in [-0.2, 0) is 16.8 Å². The van der Waals surface area contributed by atoms with Crippen LogP contribution >= 0.6 is 0 Å². The maximum Gasteiger partial charge on any atom is 0.235 e. The normalized spacial score (nSPS) is 14.4. The highest BCUT2D eigenvalue weighted by atomic mass is 19.1. The number of hydrogen-bond acceptors (Lipinski definition) is 4. The summed E-state index contributed by atoms with van der Waals surface area (Å²) in [7, 11) is 0. The number of nitrogens with one attached hydrogen (secondary N) is 1. The molecule has 6 heteroatoms. The van der Waals surface area contributed by atoms with Gasteiger partial charge in [-0.2, -0.15) is 0 Å². The van der Waals surface area contributed by atoms with Crippen molar-refractivity contribution in [3.63, 3.8) is 0 Å². The van der Waals surface area contributed by atoms with Crippen LogP contribution in [0.15, 0.2) is 60.7 Å². The smallest absolute Gasteiger partial charge is 0.235 e. The van der Waals surface area contributed by atoms with E-state index in [1.165, 1.54) is 18.2 Å². The Morgan fingerprint density at radius 2 is 1.76 bits per heavy atom. The van der Waals surface area contributed by atoms with E-state index in [2.05, 4.69) is 5.32 Å². The van der Waals surface area contributed by atoms with Crippen molar-refractivity contribution in [2.24, 2.45) is 0 Å². The van der Waals surface area contributed by atoms with Crippen molar-refractivity contribution < 1.29 is 24.5 Å². The fourth-order valence-electron chi connectivity index (χ4n) is 3.56. The van der Waals surface area contributed by atoms with E-state index >= 15 is 0 Å². The minimum atomic E-state index is -0.851. The number of phenols is 2. The Morgan fingerprint density at radius 1 is 1.00 bits per heavy atom. The van der Waals surface area contributed by atoms with Crippen LogP contribution in [0.1, 0.15) is 24.0 Å². The van der Waals surface area contributed by atoms with E-state index in [9.17, 15) is 24.5 Å². The Hall–Kier alpha value is -3.38. The molecule has 1 amide bonds. The van der Waals surface area contributed by atoms with E-state index in [1.54, 1.807) is 24.3 Å². The number of amides is 1. The molecular formula is C23H20FNO4. The number of aromatic hydroxyl groups is 2. The van der Waals surface area contributed by atoms with Crippen LogP contribution in [0.25, 0.3) is 11.1 Å². The first-order valence-electron chi connectivity index (χ1n) is 9.27. The lowest BCUT2D eigenvalue weighted by Gasteiger charge is -2.17. The van der Waals surface area contributed by atoms with Crippen molar-refractivity contribution in [1.82, 2.24) is 0 Å². The van der Waals surface area contributed by atoms with Gasteiger partial charge in [-0.15, -0.1) is 0 Å². The monoisotopic (exact) mass is 393 g/mol. The first-order valence-corrected chi connectivity index (χ1v) is 9.27. The van der Waals surface area contributed by atoms with Gasteiger partial charge in [0.25, 0.3) is 0 Å². The van der Waals surface area contributed by atoms with Crippen molar-refractivity contribution in [2.45, 2.75) is 24.9 Å². The van der Waals surface area contributed by atoms with Crippen LogP contribution < -0.4 is 5.32 Å². The van der Waals surface area contributed by atoms with E-state index in [1.807, 2.05) is 18.2 Å². The fourth-order valence-corrected chi connectivity index (χ4v) is 3.56. The van der Waals surface area contributed by atoms with Gasteiger partial charge in [-0.05, 0) is 59.4 Å². The minimum Gasteiger partial charge on any atom is -0.504 e. The molecule has 1 fully saturated rings. The molecule has 0 saturated heterocycles. The number of hydrogen-bond donors (Lipinski definition) is 4. The van der Waals surface area contributed by atoms with Crippen LogP contribution in [0.5, 0.6) is 11.5 Å². The molecule has 1 aliphatic rings. The summed E-state index contributed by atoms with van der Waals surface area (Å²) in [6.07, 6.45) is 1.13. The summed E-state index contributed by atoms with van der Waals surface area (Å²) in [5, 5.41) is 31.5. The summed E-state index contributed by atoms with van der Waals surface area (Å²) in [4.78, 5) is 13.0. The van der Waals surface area contributed by atoms with Gasteiger partial charge in [-0.3, -0.25) is 4.79 Å². The summed E-state index contributed by atoms with van der Waals surface area (Å²) in [5.41, 5.74) is 1.92. The molecule has 4 N–H and O–H groups in total. The zero-order valence-corrected chi connectivity index (χ0v) is 15.5. The second-order valence-electron chi connectivity index (χ2n) is 7.25. The number of phenolic OH excluding ortho intramolecular Hbond substituents is 2. The summed E-state index contributed by atoms with van der Waals surface area (Å²) in [6, 6.07) is 16.0. The average Bonchev–Trinajstić information content (AvgIpc) is 3.54. The van der Waals surface area contributed by atoms with Gasteiger partial charge in [0.15, 0.2) is 11.5 Å². The first kappa shape index (κ1) is 19.0. The predicted octanol–water partition coefficient (Wildman–Crippen LogP) is 4.07. The SMILES string of the molecule is O=C(Nc1cc(-c2ccccc2CO)ccc1F)C1(c2ccc(O)c(O)c2)CC1. The maximum absolute atomic E-state index is 14.4. The number of aliphatic hydroxyl groups excluding tert-OH is 1. The molecule has 148 valence electrons. The molecule has 1 saturated carbocycles. The van der Waals surface area contributed by atoms with Gasteiger partial charge in [0.1, 0.15) is 5.82 Å². The Kier molecular flexibility index (Phi) is 4.72. The molecule has 3 aromatic rings. The molecule has 0 aliphatic heterocycles. The zero-order valence-electron chi connectivity index (χ0n) is 15.5. The maximum atomic E-state index is 14.4. The molecule has 29 heavy (non-hydrogen) atoms. The molecule has 0 aromatic heterocycles. The molecule has 0 radical (unpaired) electrons. The van der Waals surface area contributed by atoms with Gasteiger partial charge in [0, 0.05) is 0 Å². The summed E-state index contributed by atoms with van der Waals surface area (Å²) >= 11 is 0. The van der Waals surface area contributed by atoms with Gasteiger partial charge in [-0.1, -0.05) is 36.4 Å². The third-order valence-electron chi connectivity index (χ3n) is 5.43. The predicted molar refractivity (Wildman–Crippen MR) is 107 cm³/mol. The summed E-state index contributed by atoms with van der Waals surface area (Å²) in [6.45, 7) is -0.150. The van der Waals surface area contributed by atoms with E-state index < -0.39 is 11.2 Å². The molecule has 4 rings (SSSR count). The minimum absolute atomic E-state index is 0.0505. The Bertz CT molecular complexity index is 1090. The summed E-state index contributed by atoms with van der Waals surface area (Å²) in [5.74, 6) is -1.48. The Morgan fingerprint density at radius 3 is 2.45 bits per heavy atom. The molecule has 0 bridgehead atoms. The third-order valence-corrected chi connectivity index (χ3v) is 5.43. The van der Waals surface area contributed by atoms with Crippen molar-refractivity contribution in [3.05, 3.63) is 77.6 Å². The third kappa shape index (κ3) is 3.43. The van der Waals surface area contributed by atoms with Crippen LogP contribution in [0.3, 0.4) is 0 Å². The number of carbonyl (C=O) groups is 1. The van der Waals surface area contributed by atoms with E-state index in [0.717, 1.165) is 5.56 Å². The van der Waals surface area contributed by atoms with Gasteiger partial charge >= 0.3 is 0 Å². The van der Waals surface area contributed by atoms with Crippen LogP contribution in [-0.4, -0.2) is 21.2 Å². The van der Waals surface area contributed by atoms with E-state index in [4.69, 9.17) is 0 Å². The number of aliphatic hydroxyl groups is 1. The second kappa shape index (κ2) is 7.22. The fraction of sp³-hybridized carbons (Fsp3) is 0.174. The summed E-state index contributed by atoms with van der Waals surface area (Å²) < 4.78 is 14.4. The van der Waals surface area contributed by atoms with Crippen molar-refractivity contribution in [2.75, 3.05) is 5.32 Å². The molecule has 1 aliphatic carbocycles. The van der Waals surface area contributed by atoms with Crippen molar-refractivity contribution in [1.29, 1.82) is 0 Å². The lowest BCUT2D eigenvalue weighted by molar-refractivity contribution is -0.118. The number of rotatable bonds is 5. The number of anilines is 1. The quantitative estimate of drug-likeness (QED) is 0.492. The van der Waals surface area contributed by atoms with Gasteiger partial charge < -0.3 is 20.6 Å². The molecular weight excluding hydrogens is 373 g/mol. The highest BCUT2D eigenvalue weighted by Crippen LogP contribution is 2.50. The number of halogens is 1. The highest BCUT2D eigenvalue weighted by Gasteiger charge is 2.51. The molecule has 5 nitrogen and oxygen atoms in total. The lowest BCUT2D eigenvalue weighted by atomic mass is 9.94. The molecule has 0 atom stereocenters. The average molecular weight is 393 g/mol. The molecule has 3 aromatic carbocycles. The number of carbonyl (C=O) groups excluding carboxylic acids is 1. The van der Waals surface area contributed by atoms with Gasteiger partial charge in [0.05, 0.1) is 17.7 Å². The second-order valence-corrected chi connectivity index (χ2v) is 7.25. The number of benzene rings is 3. The van der Waals surface area contributed by atoms with Crippen LogP contribution in [0.4, 0.5) is 10.1 Å². The van der Waals surface area contributed by atoms with Crippen LogP contribution in [0.2, 0.25) is 0 Å². The lowest BCUT2D eigenvalue weighted by Crippen LogP contribution is -2.28. The van der Waals surface area contributed by atoms with Crippen molar-refractivity contribution >= 4 is 11.6 Å². The topological polar surface area (TPSA) is 89.8 Å². The van der Waals surface area contributed by atoms with Gasteiger partial charge in [0.2, 0.25) is 5.91 Å². The molecule has 0 unspecified atom stereocenters. The van der Waals surface area contributed by atoms with Crippen molar-refractivity contribution in [3.8, 4) is 22.6 Å². The highest BCUT2D eigenvalue weighted by molar-refractivity contribution is 6.02. The molecule has 0 heterocycles. The zero-order chi connectivity index (χ0) is 20.6. The Labute approximate surface area is 167 Å². The van der Waals surface area contributed by atoms with Gasteiger partial charge in [-0.25, -0.2) is 4.39 Å². The van der Waals surface area contributed by atoms with E-state index in [0.29, 0.717) is 29.5 Å². The van der Waals surface area contributed by atoms with Crippen LogP contribution in [0, 0.1) is 5.82 Å². The van der Waals surface area contributed by atoms with E-state index in [-0.39, 0.29) is 29.7 Å².